The third-order valence-electron chi connectivity index (χ3n) is 2.86. The van der Waals surface area contributed by atoms with Gasteiger partial charge in [0.05, 0.1) is 12.2 Å². The van der Waals surface area contributed by atoms with Crippen molar-refractivity contribution in [2.45, 2.75) is 83.5 Å². The van der Waals surface area contributed by atoms with Gasteiger partial charge in [-0.15, -0.1) is 0 Å². The first-order valence-corrected chi connectivity index (χ1v) is 8.78. The second-order valence-corrected chi connectivity index (χ2v) is 7.93. The number of rotatable bonds is 10. The lowest BCUT2D eigenvalue weighted by Crippen LogP contribution is -2.65. The molecule has 0 aromatic carbocycles. The molecule has 13 heteroatoms. The molecule has 4 nitrogen and oxygen atoms in total. The lowest BCUT2D eigenvalue weighted by Gasteiger charge is -2.41. The summed E-state index contributed by atoms with van der Waals surface area (Å²) in [5.41, 5.74) is -3.63. The van der Waals surface area contributed by atoms with Crippen molar-refractivity contribution in [2.75, 3.05) is 0 Å². The summed E-state index contributed by atoms with van der Waals surface area (Å²) in [4.78, 5) is 0. The Bertz CT molecular complexity index is 508. The van der Waals surface area contributed by atoms with Gasteiger partial charge in [0.2, 0.25) is 0 Å². The van der Waals surface area contributed by atoms with Crippen molar-refractivity contribution in [1.82, 2.24) is 0 Å². The third kappa shape index (κ3) is 5.08. The van der Waals surface area contributed by atoms with Crippen LogP contribution in [0.4, 0.5) is 35.1 Å². The van der Waals surface area contributed by atoms with E-state index < -0.39 is 49.8 Å². The second kappa shape index (κ2) is 7.89. The van der Waals surface area contributed by atoms with Crippen LogP contribution in [0, 0.1) is 0 Å². The number of halogens is 8. The smallest absolute Gasteiger partial charge is 0.284 e. The molecule has 0 aliphatic carbocycles. The van der Waals surface area contributed by atoms with Crippen LogP contribution in [-0.4, -0.2) is 42.0 Å². The first-order chi connectivity index (χ1) is 11.2. The Hall–Kier alpha value is -0.450. The Labute approximate surface area is 145 Å². The standard InChI is InChI=1S/C13H21F8O4P/c1-7(2)23-26(22,24-8(3)4)25-10(5,6)12(18,19)13(20,21)11(16,17)9(14)15/h7-9H,1-6H3. The highest BCUT2D eigenvalue weighted by molar-refractivity contribution is 7.48. The normalized spacial score (nSPS) is 15.4. The fraction of sp³-hybridized carbons (Fsp3) is 1.00. The minimum atomic E-state index is -6.53. The Kier molecular flexibility index (Phi) is 7.75. The molecule has 0 aromatic heterocycles. The van der Waals surface area contributed by atoms with Gasteiger partial charge in [-0.1, -0.05) is 0 Å². The molecule has 0 spiro atoms. The highest BCUT2D eigenvalue weighted by atomic mass is 31.2. The molecule has 158 valence electrons. The average Bonchev–Trinajstić information content (AvgIpc) is 2.33. The molecular formula is C13H21F8O4P. The molecule has 0 aromatic rings. The van der Waals surface area contributed by atoms with Gasteiger partial charge in [-0.25, -0.2) is 13.3 Å². The van der Waals surface area contributed by atoms with Crippen molar-refractivity contribution in [2.24, 2.45) is 0 Å². The second-order valence-electron chi connectivity index (χ2n) is 6.43. The summed E-state index contributed by atoms with van der Waals surface area (Å²) in [6, 6.07) is 0. The topological polar surface area (TPSA) is 44.8 Å². The van der Waals surface area contributed by atoms with Crippen molar-refractivity contribution in [3.8, 4) is 0 Å². The molecule has 0 bridgehead atoms. The fourth-order valence-electron chi connectivity index (χ4n) is 1.65. The van der Waals surface area contributed by atoms with E-state index in [0.717, 1.165) is 0 Å². The van der Waals surface area contributed by atoms with E-state index in [1.807, 2.05) is 0 Å². The van der Waals surface area contributed by atoms with E-state index in [1.54, 1.807) is 0 Å². The molecular weight excluding hydrogens is 403 g/mol. The van der Waals surface area contributed by atoms with Gasteiger partial charge in [-0.2, -0.15) is 26.3 Å². The Morgan fingerprint density at radius 3 is 1.38 bits per heavy atom. The first-order valence-electron chi connectivity index (χ1n) is 7.32. The van der Waals surface area contributed by atoms with Gasteiger partial charge in [0.25, 0.3) is 0 Å². The molecule has 26 heavy (non-hydrogen) atoms. The van der Waals surface area contributed by atoms with E-state index in [1.165, 1.54) is 27.7 Å². The van der Waals surface area contributed by atoms with Gasteiger partial charge in [0.1, 0.15) is 5.60 Å². The van der Waals surface area contributed by atoms with E-state index in [9.17, 15) is 39.7 Å². The average molecular weight is 424 g/mol. The summed E-state index contributed by atoms with van der Waals surface area (Å²) in [7, 11) is -4.94. The zero-order chi connectivity index (χ0) is 21.4. The van der Waals surface area contributed by atoms with E-state index in [2.05, 4.69) is 4.52 Å². The minimum absolute atomic E-state index is 0.183. The van der Waals surface area contributed by atoms with Crippen molar-refractivity contribution in [1.29, 1.82) is 0 Å². The van der Waals surface area contributed by atoms with Gasteiger partial charge in [-0.05, 0) is 41.5 Å². The molecule has 0 amide bonds. The number of alkyl halides is 8. The number of hydrogen-bond acceptors (Lipinski definition) is 4. The molecule has 0 rings (SSSR count). The summed E-state index contributed by atoms with van der Waals surface area (Å²) in [5.74, 6) is -18.8. The molecule has 0 aliphatic heterocycles. The molecule has 0 radical (unpaired) electrons. The summed E-state index contributed by atoms with van der Waals surface area (Å²) < 4.78 is 132. The molecule has 0 N–H and O–H groups in total. The molecule has 0 unspecified atom stereocenters. The predicted molar refractivity (Wildman–Crippen MR) is 76.1 cm³/mol. The lowest BCUT2D eigenvalue weighted by atomic mass is 9.91. The van der Waals surface area contributed by atoms with Gasteiger partial charge >= 0.3 is 32.0 Å². The highest BCUT2D eigenvalue weighted by Gasteiger charge is 2.80. The predicted octanol–water partition coefficient (Wildman–Crippen LogP) is 5.91. The van der Waals surface area contributed by atoms with Crippen molar-refractivity contribution in [3.05, 3.63) is 0 Å². The SMILES string of the molecule is CC(C)OP(=O)(OC(C)C)OC(C)(C)C(F)(F)C(F)(F)C(F)(F)C(F)F. The molecule has 0 saturated carbocycles. The van der Waals surface area contributed by atoms with Gasteiger partial charge in [-0.3, -0.25) is 13.6 Å². The maximum absolute atomic E-state index is 14.1. The van der Waals surface area contributed by atoms with E-state index >= 15 is 0 Å². The molecule has 0 saturated heterocycles. The maximum atomic E-state index is 14.1. The minimum Gasteiger partial charge on any atom is -0.284 e. The van der Waals surface area contributed by atoms with Crippen molar-refractivity contribution < 1.29 is 53.3 Å². The summed E-state index contributed by atoms with van der Waals surface area (Å²) in [6.07, 6.45) is -6.98. The fourth-order valence-corrected chi connectivity index (χ4v) is 3.49. The van der Waals surface area contributed by atoms with E-state index in [4.69, 9.17) is 9.05 Å². The molecule has 0 heterocycles. The Morgan fingerprint density at radius 1 is 0.769 bits per heavy atom. The van der Waals surface area contributed by atoms with Crippen LogP contribution in [0.1, 0.15) is 41.5 Å². The number of phosphoric acid groups is 1. The molecule has 0 fully saturated rings. The van der Waals surface area contributed by atoms with Crippen LogP contribution >= 0.6 is 7.82 Å². The summed E-state index contributed by atoms with van der Waals surface area (Å²) in [5, 5.41) is 0. The molecule has 0 aliphatic rings. The number of hydrogen-bond donors (Lipinski definition) is 0. The van der Waals surface area contributed by atoms with Gasteiger partial charge in [0, 0.05) is 0 Å². The van der Waals surface area contributed by atoms with Crippen LogP contribution in [-0.2, 0) is 18.1 Å². The van der Waals surface area contributed by atoms with E-state index in [0.29, 0.717) is 0 Å². The Balaban J connectivity index is 5.99. The monoisotopic (exact) mass is 424 g/mol. The largest absolute Gasteiger partial charge is 0.476 e. The van der Waals surface area contributed by atoms with Crippen LogP contribution in [0.5, 0.6) is 0 Å². The van der Waals surface area contributed by atoms with Gasteiger partial charge < -0.3 is 0 Å². The van der Waals surface area contributed by atoms with Crippen LogP contribution in [0.25, 0.3) is 0 Å². The van der Waals surface area contributed by atoms with E-state index in [-0.39, 0.29) is 13.8 Å². The van der Waals surface area contributed by atoms with Crippen LogP contribution in [0.3, 0.4) is 0 Å². The van der Waals surface area contributed by atoms with Gasteiger partial charge in [0.15, 0.2) is 0 Å². The highest BCUT2D eigenvalue weighted by Crippen LogP contribution is 2.61. The lowest BCUT2D eigenvalue weighted by molar-refractivity contribution is -0.367. The maximum Gasteiger partial charge on any atom is 0.476 e. The summed E-state index contributed by atoms with van der Waals surface area (Å²) >= 11 is 0. The van der Waals surface area contributed by atoms with Crippen LogP contribution in [0.2, 0.25) is 0 Å². The zero-order valence-corrected chi connectivity index (χ0v) is 15.7. The third-order valence-corrected chi connectivity index (χ3v) is 4.90. The first kappa shape index (κ1) is 25.6. The molecule has 0 atom stereocenters. The zero-order valence-electron chi connectivity index (χ0n) is 14.8. The Morgan fingerprint density at radius 2 is 1.12 bits per heavy atom. The van der Waals surface area contributed by atoms with Crippen molar-refractivity contribution in [3.63, 3.8) is 0 Å². The van der Waals surface area contributed by atoms with Crippen LogP contribution < -0.4 is 0 Å². The quantitative estimate of drug-likeness (QED) is 0.323. The number of phosphoric ester groups is 1. The summed E-state index contributed by atoms with van der Waals surface area (Å²) in [6.45, 7) is 5.49. The van der Waals surface area contributed by atoms with Crippen molar-refractivity contribution >= 4 is 7.82 Å². The van der Waals surface area contributed by atoms with Crippen LogP contribution in [0.15, 0.2) is 0 Å².